The second-order valence-corrected chi connectivity index (χ2v) is 8.61. The van der Waals surface area contributed by atoms with Gasteiger partial charge in [0.15, 0.2) is 0 Å². The monoisotopic (exact) mass is 452 g/mol. The van der Waals surface area contributed by atoms with Crippen molar-refractivity contribution < 1.29 is 4.79 Å². The lowest BCUT2D eigenvalue weighted by molar-refractivity contribution is -0.113. The van der Waals surface area contributed by atoms with Crippen molar-refractivity contribution in [2.75, 3.05) is 11.1 Å². The molecule has 5 nitrogen and oxygen atoms in total. The van der Waals surface area contributed by atoms with Crippen molar-refractivity contribution in [1.29, 1.82) is 0 Å². The molecule has 1 aliphatic rings. The second-order valence-electron chi connectivity index (χ2n) is 6.10. The first-order valence-electron chi connectivity index (χ1n) is 8.11. The zero-order valence-electron chi connectivity index (χ0n) is 13.6. The molecule has 0 unspecified atom stereocenters. The number of amides is 1. The zero-order valence-corrected chi connectivity index (χ0v) is 17.5. The van der Waals surface area contributed by atoms with Crippen molar-refractivity contribution in [3.63, 3.8) is 0 Å². The molecule has 0 atom stereocenters. The smallest absolute Gasteiger partial charge is 0.234 e. The highest BCUT2D eigenvalue weighted by atomic mass is 35.5. The first-order chi connectivity index (χ1) is 12.4. The fourth-order valence-corrected chi connectivity index (χ4v) is 4.43. The first kappa shape index (κ1) is 20.1. The van der Waals surface area contributed by atoms with Crippen LogP contribution in [-0.2, 0) is 11.2 Å². The van der Waals surface area contributed by atoms with Crippen molar-refractivity contribution in [2.24, 2.45) is 5.92 Å². The number of aromatic amines is 1. The van der Waals surface area contributed by atoms with Crippen LogP contribution in [0.15, 0.2) is 11.2 Å². The van der Waals surface area contributed by atoms with Gasteiger partial charge in [-0.3, -0.25) is 9.89 Å². The van der Waals surface area contributed by atoms with Gasteiger partial charge in [-0.15, -0.1) is 5.10 Å². The van der Waals surface area contributed by atoms with Crippen LogP contribution >= 0.6 is 58.2 Å². The summed E-state index contributed by atoms with van der Waals surface area (Å²) in [4.78, 5) is 16.6. The molecule has 1 aliphatic carbocycles. The Hall–Kier alpha value is -0.660. The Kier molecular flexibility index (Phi) is 6.97. The first-order valence-corrected chi connectivity index (χ1v) is 10.6. The number of halogens is 4. The van der Waals surface area contributed by atoms with Crippen LogP contribution in [0.3, 0.4) is 0 Å². The Bertz CT molecular complexity index is 782. The molecule has 0 radical (unpaired) electrons. The number of carbonyl (C=O) groups excluding carboxylic acids is 1. The highest BCUT2D eigenvalue weighted by Crippen LogP contribution is 2.41. The lowest BCUT2D eigenvalue weighted by Crippen LogP contribution is -2.15. The lowest BCUT2D eigenvalue weighted by Gasteiger charge is -2.11. The molecule has 0 spiro atoms. The number of anilines is 1. The number of nitrogens with one attached hydrogen (secondary N) is 2. The molecule has 2 N–H and O–H groups in total. The van der Waals surface area contributed by atoms with E-state index in [1.165, 1.54) is 43.5 Å². The molecular formula is C16H16Cl4N4OS. The summed E-state index contributed by atoms with van der Waals surface area (Å²) in [6.07, 6.45) is 5.98. The van der Waals surface area contributed by atoms with E-state index in [1.807, 2.05) is 0 Å². The third-order valence-electron chi connectivity index (χ3n) is 4.18. The van der Waals surface area contributed by atoms with Gasteiger partial charge in [0.25, 0.3) is 0 Å². The molecule has 1 amide bonds. The van der Waals surface area contributed by atoms with Gasteiger partial charge in [0.1, 0.15) is 5.82 Å². The quantitative estimate of drug-likeness (QED) is 0.423. The maximum absolute atomic E-state index is 12.2. The molecule has 3 rings (SSSR count). The number of nitrogens with zero attached hydrogens (tertiary/aromatic N) is 2. The Morgan fingerprint density at radius 1 is 1.19 bits per heavy atom. The van der Waals surface area contributed by atoms with E-state index >= 15 is 0 Å². The summed E-state index contributed by atoms with van der Waals surface area (Å²) in [6, 6.07) is 1.43. The number of carbonyl (C=O) groups is 1. The molecule has 0 saturated heterocycles. The summed E-state index contributed by atoms with van der Waals surface area (Å²) in [5.74, 6) is 1.35. The highest BCUT2D eigenvalue weighted by Gasteiger charge is 2.19. The molecule has 0 bridgehead atoms. The largest absolute Gasteiger partial charge is 0.323 e. The van der Waals surface area contributed by atoms with Gasteiger partial charge in [0.2, 0.25) is 11.1 Å². The van der Waals surface area contributed by atoms with E-state index in [-0.39, 0.29) is 37.4 Å². The molecule has 1 aromatic carbocycles. The fraction of sp³-hybridized carbons (Fsp3) is 0.438. The predicted octanol–water partition coefficient (Wildman–Crippen LogP) is 5.88. The summed E-state index contributed by atoms with van der Waals surface area (Å²) in [6.45, 7) is 0. The summed E-state index contributed by atoms with van der Waals surface area (Å²) in [7, 11) is 0. The van der Waals surface area contributed by atoms with Crippen molar-refractivity contribution in [3.05, 3.63) is 32.0 Å². The number of benzene rings is 1. The number of aromatic nitrogens is 3. The van der Waals surface area contributed by atoms with Crippen LogP contribution in [0, 0.1) is 5.92 Å². The number of rotatable bonds is 6. The van der Waals surface area contributed by atoms with Crippen LogP contribution in [0.4, 0.5) is 5.69 Å². The van der Waals surface area contributed by atoms with Gasteiger partial charge in [0.05, 0.1) is 31.5 Å². The lowest BCUT2D eigenvalue weighted by atomic mass is 10.0. The topological polar surface area (TPSA) is 70.7 Å². The number of H-pyrrole nitrogens is 1. The van der Waals surface area contributed by atoms with E-state index in [0.717, 1.165) is 12.2 Å². The minimum absolute atomic E-state index is 0.109. The van der Waals surface area contributed by atoms with Gasteiger partial charge in [-0.25, -0.2) is 4.98 Å². The van der Waals surface area contributed by atoms with Crippen molar-refractivity contribution in [2.45, 2.75) is 37.3 Å². The van der Waals surface area contributed by atoms with Crippen LogP contribution in [0.25, 0.3) is 0 Å². The van der Waals surface area contributed by atoms with E-state index in [2.05, 4.69) is 20.5 Å². The van der Waals surface area contributed by atoms with Crippen LogP contribution in [0.5, 0.6) is 0 Å². The standard InChI is InChI=1S/C16H16Cl4N4OS/c17-9-6-10(18)14(20)15(13(9)19)22-12(25)7-26-16-21-11(23-24-16)5-8-3-1-2-4-8/h6,8H,1-5,7H2,(H,22,25)(H,21,23,24). The minimum atomic E-state index is -0.306. The molecule has 10 heteroatoms. The van der Waals surface area contributed by atoms with E-state index in [1.54, 1.807) is 0 Å². The summed E-state index contributed by atoms with van der Waals surface area (Å²) in [5.41, 5.74) is 0.202. The second kappa shape index (κ2) is 9.02. The van der Waals surface area contributed by atoms with Gasteiger partial charge in [-0.2, -0.15) is 0 Å². The third kappa shape index (κ3) is 4.98. The van der Waals surface area contributed by atoms with E-state index in [0.29, 0.717) is 11.1 Å². The fourth-order valence-electron chi connectivity index (χ4n) is 2.91. The molecule has 26 heavy (non-hydrogen) atoms. The van der Waals surface area contributed by atoms with Crippen LogP contribution < -0.4 is 5.32 Å². The van der Waals surface area contributed by atoms with Crippen LogP contribution in [0.1, 0.15) is 31.5 Å². The Balaban J connectivity index is 1.55. The molecule has 2 aromatic rings. The average molecular weight is 454 g/mol. The van der Waals surface area contributed by atoms with Gasteiger partial charge in [0, 0.05) is 6.42 Å². The van der Waals surface area contributed by atoms with E-state index in [9.17, 15) is 4.79 Å². The van der Waals surface area contributed by atoms with Gasteiger partial charge in [-0.05, 0) is 12.0 Å². The maximum Gasteiger partial charge on any atom is 0.234 e. The average Bonchev–Trinajstić information content (AvgIpc) is 3.27. The minimum Gasteiger partial charge on any atom is -0.323 e. The number of hydrogen-bond donors (Lipinski definition) is 2. The summed E-state index contributed by atoms with van der Waals surface area (Å²) in [5, 5.41) is 11.0. The summed E-state index contributed by atoms with van der Waals surface area (Å²) < 4.78 is 0. The van der Waals surface area contributed by atoms with Crippen LogP contribution in [-0.4, -0.2) is 26.8 Å². The molecule has 0 aliphatic heterocycles. The van der Waals surface area contributed by atoms with Gasteiger partial charge in [-0.1, -0.05) is 83.8 Å². The third-order valence-corrected chi connectivity index (χ3v) is 6.60. The molecule has 1 saturated carbocycles. The van der Waals surface area contributed by atoms with Crippen LogP contribution in [0.2, 0.25) is 20.1 Å². The van der Waals surface area contributed by atoms with E-state index < -0.39 is 0 Å². The van der Waals surface area contributed by atoms with Gasteiger partial charge >= 0.3 is 0 Å². The zero-order chi connectivity index (χ0) is 18.7. The van der Waals surface area contributed by atoms with E-state index in [4.69, 9.17) is 46.4 Å². The summed E-state index contributed by atoms with van der Waals surface area (Å²) >= 11 is 25.3. The molecule has 140 valence electrons. The Labute approximate surface area is 175 Å². The molecule has 1 fully saturated rings. The molecular weight excluding hydrogens is 438 g/mol. The Morgan fingerprint density at radius 3 is 2.50 bits per heavy atom. The van der Waals surface area contributed by atoms with Gasteiger partial charge < -0.3 is 5.32 Å². The predicted molar refractivity (Wildman–Crippen MR) is 108 cm³/mol. The normalized spacial score (nSPS) is 14.8. The Morgan fingerprint density at radius 2 is 1.85 bits per heavy atom. The number of hydrogen-bond acceptors (Lipinski definition) is 4. The maximum atomic E-state index is 12.2. The van der Waals surface area contributed by atoms with Crippen molar-refractivity contribution in [3.8, 4) is 0 Å². The SMILES string of the molecule is O=C(CSc1n[nH]c(CC2CCCC2)n1)Nc1c(Cl)c(Cl)cc(Cl)c1Cl. The van der Waals surface area contributed by atoms with Crippen molar-refractivity contribution >= 4 is 69.8 Å². The molecule has 1 aromatic heterocycles. The van der Waals surface area contributed by atoms with Crippen molar-refractivity contribution in [1.82, 2.24) is 15.2 Å². The molecule has 1 heterocycles. The highest BCUT2D eigenvalue weighted by molar-refractivity contribution is 7.99. The number of thioether (sulfide) groups is 1.